The Morgan fingerprint density at radius 2 is 1.93 bits per heavy atom. The first-order valence-electron chi connectivity index (χ1n) is 9.60. The molecule has 0 amide bonds. The Balaban J connectivity index is 1.54. The van der Waals surface area contributed by atoms with Gasteiger partial charge in [-0.1, -0.05) is 29.8 Å². The molecule has 3 rings (SSSR count). The summed E-state index contributed by atoms with van der Waals surface area (Å²) in [4.78, 5) is 3.84. The summed E-state index contributed by atoms with van der Waals surface area (Å²) < 4.78 is 33.4. The van der Waals surface area contributed by atoms with Gasteiger partial charge in [-0.15, -0.1) is 11.8 Å². The van der Waals surface area contributed by atoms with Crippen LogP contribution in [-0.4, -0.2) is 46.3 Å². The fraction of sp³-hybridized carbons (Fsp3) is 0.429. The standard InChI is InChI=1S/C21H27ClN2O3S2/c1-27-19-8-7-18(22)13-21(19)29(25,26)23-14-16-9-11-24(12-10-16)15-17-5-3-4-6-20(17)28-2/h3-8,13,16,23H,9-12,14-15H2,1-2H3. The molecule has 0 atom stereocenters. The van der Waals surface area contributed by atoms with E-state index in [-0.39, 0.29) is 4.90 Å². The van der Waals surface area contributed by atoms with E-state index in [0.717, 1.165) is 32.5 Å². The summed E-state index contributed by atoms with van der Waals surface area (Å²) in [5.41, 5.74) is 1.35. The number of nitrogens with zero attached hydrogens (tertiary/aromatic N) is 1. The van der Waals surface area contributed by atoms with E-state index >= 15 is 0 Å². The third kappa shape index (κ3) is 5.89. The summed E-state index contributed by atoms with van der Waals surface area (Å²) in [6, 6.07) is 13.1. The highest BCUT2D eigenvalue weighted by Gasteiger charge is 2.24. The SMILES string of the molecule is COc1ccc(Cl)cc1S(=O)(=O)NCC1CCN(Cc2ccccc2SC)CC1. The van der Waals surface area contributed by atoms with Gasteiger partial charge in [-0.3, -0.25) is 4.90 Å². The maximum atomic E-state index is 12.7. The number of thioether (sulfide) groups is 1. The third-order valence-corrected chi connectivity index (χ3v) is 7.79. The molecule has 1 N–H and O–H groups in total. The number of benzene rings is 2. The first-order valence-corrected chi connectivity index (χ1v) is 12.7. The molecule has 0 saturated carbocycles. The molecule has 0 spiro atoms. The minimum atomic E-state index is -3.67. The molecular weight excluding hydrogens is 428 g/mol. The lowest BCUT2D eigenvalue weighted by Crippen LogP contribution is -2.38. The number of methoxy groups -OCH3 is 1. The predicted molar refractivity (Wildman–Crippen MR) is 119 cm³/mol. The second-order valence-electron chi connectivity index (χ2n) is 7.18. The fourth-order valence-corrected chi connectivity index (χ4v) is 5.74. The van der Waals surface area contributed by atoms with Crippen molar-refractivity contribution in [2.45, 2.75) is 29.2 Å². The van der Waals surface area contributed by atoms with E-state index < -0.39 is 10.0 Å². The molecule has 5 nitrogen and oxygen atoms in total. The average molecular weight is 455 g/mol. The number of sulfonamides is 1. The second kappa shape index (κ2) is 10.2. The van der Waals surface area contributed by atoms with Crippen molar-refractivity contribution in [3.8, 4) is 5.75 Å². The summed E-state index contributed by atoms with van der Waals surface area (Å²) in [5.74, 6) is 0.617. The number of halogens is 1. The molecule has 1 aliphatic heterocycles. The van der Waals surface area contributed by atoms with Crippen LogP contribution >= 0.6 is 23.4 Å². The maximum absolute atomic E-state index is 12.7. The van der Waals surface area contributed by atoms with Crippen LogP contribution in [0.2, 0.25) is 5.02 Å². The molecule has 2 aromatic carbocycles. The van der Waals surface area contributed by atoms with Crippen LogP contribution in [0.15, 0.2) is 52.3 Å². The Morgan fingerprint density at radius 1 is 1.21 bits per heavy atom. The van der Waals surface area contributed by atoms with Gasteiger partial charge in [-0.2, -0.15) is 0 Å². The van der Waals surface area contributed by atoms with E-state index in [1.807, 2.05) is 0 Å². The molecule has 2 aromatic rings. The number of piperidine rings is 1. The van der Waals surface area contributed by atoms with Crippen molar-refractivity contribution >= 4 is 33.4 Å². The summed E-state index contributed by atoms with van der Waals surface area (Å²) in [6.07, 6.45) is 4.04. The van der Waals surface area contributed by atoms with Crippen LogP contribution in [0, 0.1) is 5.92 Å². The number of likely N-dealkylation sites (tertiary alicyclic amines) is 1. The minimum Gasteiger partial charge on any atom is -0.495 e. The predicted octanol–water partition coefficient (Wildman–Crippen LogP) is 4.26. The molecule has 0 aliphatic carbocycles. The zero-order valence-electron chi connectivity index (χ0n) is 16.7. The number of hydrogen-bond donors (Lipinski definition) is 1. The lowest BCUT2D eigenvalue weighted by Gasteiger charge is -2.32. The summed E-state index contributed by atoms with van der Waals surface area (Å²) in [6.45, 7) is 3.30. The van der Waals surface area contributed by atoms with E-state index in [9.17, 15) is 8.42 Å². The van der Waals surface area contributed by atoms with Gasteiger partial charge in [-0.05, 0) is 67.9 Å². The normalized spacial score (nSPS) is 16.1. The van der Waals surface area contributed by atoms with Crippen molar-refractivity contribution in [1.82, 2.24) is 9.62 Å². The van der Waals surface area contributed by atoms with Crippen molar-refractivity contribution in [2.24, 2.45) is 5.92 Å². The first-order chi connectivity index (χ1) is 13.9. The largest absolute Gasteiger partial charge is 0.495 e. The van der Waals surface area contributed by atoms with E-state index in [2.05, 4.69) is 40.1 Å². The molecule has 1 saturated heterocycles. The van der Waals surface area contributed by atoms with Crippen molar-refractivity contribution in [3.63, 3.8) is 0 Å². The third-order valence-electron chi connectivity index (χ3n) is 5.27. The molecule has 1 aliphatic rings. The van der Waals surface area contributed by atoms with E-state index in [0.29, 0.717) is 23.2 Å². The topological polar surface area (TPSA) is 58.6 Å². The van der Waals surface area contributed by atoms with Crippen molar-refractivity contribution in [1.29, 1.82) is 0 Å². The Hall–Kier alpha value is -1.25. The van der Waals surface area contributed by atoms with E-state index in [1.165, 1.54) is 23.6 Å². The molecule has 0 aromatic heterocycles. The van der Waals surface area contributed by atoms with Crippen LogP contribution in [0.3, 0.4) is 0 Å². The van der Waals surface area contributed by atoms with Crippen LogP contribution in [0.5, 0.6) is 5.75 Å². The van der Waals surface area contributed by atoms with Gasteiger partial charge in [0.15, 0.2) is 0 Å². The van der Waals surface area contributed by atoms with Crippen LogP contribution in [0.1, 0.15) is 18.4 Å². The zero-order valence-corrected chi connectivity index (χ0v) is 19.1. The van der Waals surface area contributed by atoms with Gasteiger partial charge >= 0.3 is 0 Å². The second-order valence-corrected chi connectivity index (χ2v) is 10.2. The first kappa shape index (κ1) is 22.4. The summed E-state index contributed by atoms with van der Waals surface area (Å²) >= 11 is 7.75. The van der Waals surface area contributed by atoms with Gasteiger partial charge in [-0.25, -0.2) is 13.1 Å². The Kier molecular flexibility index (Phi) is 7.87. The van der Waals surface area contributed by atoms with Crippen LogP contribution < -0.4 is 9.46 Å². The molecule has 158 valence electrons. The van der Waals surface area contributed by atoms with E-state index in [1.54, 1.807) is 23.9 Å². The van der Waals surface area contributed by atoms with Crippen molar-refractivity contribution in [2.75, 3.05) is 33.0 Å². The van der Waals surface area contributed by atoms with Gasteiger partial charge in [0.1, 0.15) is 10.6 Å². The monoisotopic (exact) mass is 454 g/mol. The lowest BCUT2D eigenvalue weighted by atomic mass is 9.97. The number of hydrogen-bond acceptors (Lipinski definition) is 5. The smallest absolute Gasteiger partial charge is 0.244 e. The molecule has 0 radical (unpaired) electrons. The Bertz CT molecular complexity index is 929. The molecule has 1 heterocycles. The lowest BCUT2D eigenvalue weighted by molar-refractivity contribution is 0.177. The fourth-order valence-electron chi connectivity index (χ4n) is 3.59. The van der Waals surface area contributed by atoms with Gasteiger partial charge in [0.05, 0.1) is 7.11 Å². The quantitative estimate of drug-likeness (QED) is 0.604. The van der Waals surface area contributed by atoms with Crippen LogP contribution in [-0.2, 0) is 16.6 Å². The number of ether oxygens (including phenoxy) is 1. The molecule has 0 bridgehead atoms. The highest BCUT2D eigenvalue weighted by molar-refractivity contribution is 7.98. The summed E-state index contributed by atoms with van der Waals surface area (Å²) in [7, 11) is -2.22. The van der Waals surface area contributed by atoms with Gasteiger partial charge in [0.2, 0.25) is 10.0 Å². The Labute approximate surface area is 182 Å². The molecular formula is C21H27ClN2O3S2. The molecule has 0 unspecified atom stereocenters. The molecule has 1 fully saturated rings. The average Bonchev–Trinajstić information content (AvgIpc) is 2.73. The molecule has 8 heteroatoms. The van der Waals surface area contributed by atoms with Gasteiger partial charge < -0.3 is 4.74 Å². The van der Waals surface area contributed by atoms with Crippen molar-refractivity contribution in [3.05, 3.63) is 53.1 Å². The minimum absolute atomic E-state index is 0.0820. The zero-order chi connectivity index (χ0) is 20.9. The Morgan fingerprint density at radius 3 is 2.62 bits per heavy atom. The van der Waals surface area contributed by atoms with Gasteiger partial charge in [0.25, 0.3) is 0 Å². The summed E-state index contributed by atoms with van der Waals surface area (Å²) in [5, 5.41) is 0.366. The van der Waals surface area contributed by atoms with E-state index in [4.69, 9.17) is 16.3 Å². The van der Waals surface area contributed by atoms with Crippen molar-refractivity contribution < 1.29 is 13.2 Å². The number of nitrogens with one attached hydrogen (secondary N) is 1. The van der Waals surface area contributed by atoms with Crippen LogP contribution in [0.4, 0.5) is 0 Å². The maximum Gasteiger partial charge on any atom is 0.244 e. The highest BCUT2D eigenvalue weighted by Crippen LogP contribution is 2.28. The number of rotatable bonds is 8. The molecule has 29 heavy (non-hydrogen) atoms. The van der Waals surface area contributed by atoms with Crippen LogP contribution in [0.25, 0.3) is 0 Å². The highest BCUT2D eigenvalue weighted by atomic mass is 35.5. The van der Waals surface area contributed by atoms with Gasteiger partial charge in [0, 0.05) is 23.0 Å².